The summed E-state index contributed by atoms with van der Waals surface area (Å²) in [6, 6.07) is 0. The third-order valence-electron chi connectivity index (χ3n) is 1.24. The van der Waals surface area contributed by atoms with Gasteiger partial charge in [0.1, 0.15) is 5.60 Å². The van der Waals surface area contributed by atoms with Gasteiger partial charge in [-0.3, -0.25) is 10.1 Å². The smallest absolute Gasteiger partial charge is 0.223 e. The molecule has 5 heteroatoms. The Labute approximate surface area is 76.6 Å². The van der Waals surface area contributed by atoms with Gasteiger partial charge < -0.3 is 15.6 Å². The van der Waals surface area contributed by atoms with Crippen LogP contribution in [0.1, 0.15) is 20.8 Å². The van der Waals surface area contributed by atoms with E-state index in [4.69, 9.17) is 10.5 Å². The summed E-state index contributed by atoms with van der Waals surface area (Å²) in [6.07, 6.45) is 0.988. The van der Waals surface area contributed by atoms with Gasteiger partial charge in [0.25, 0.3) is 0 Å². The summed E-state index contributed by atoms with van der Waals surface area (Å²) in [5.41, 5.74) is -1.51. The molecule has 0 saturated heterocycles. The van der Waals surface area contributed by atoms with Crippen LogP contribution in [0.3, 0.4) is 0 Å². The zero-order valence-corrected chi connectivity index (χ0v) is 7.88. The lowest BCUT2D eigenvalue weighted by molar-refractivity contribution is -0.118. The SMILES string of the molecule is CC(=O)N/C(O)=C/C(=N)C(C)(C)O. The van der Waals surface area contributed by atoms with Gasteiger partial charge in [0, 0.05) is 13.0 Å². The molecule has 0 aromatic heterocycles. The number of hydrogen-bond donors (Lipinski definition) is 4. The van der Waals surface area contributed by atoms with Gasteiger partial charge in [-0.25, -0.2) is 0 Å². The van der Waals surface area contributed by atoms with E-state index in [1.54, 1.807) is 0 Å². The molecule has 0 unspecified atom stereocenters. The van der Waals surface area contributed by atoms with Crippen molar-refractivity contribution in [2.45, 2.75) is 26.4 Å². The molecule has 1 amide bonds. The summed E-state index contributed by atoms with van der Waals surface area (Å²) in [7, 11) is 0. The van der Waals surface area contributed by atoms with Gasteiger partial charge in [0.2, 0.25) is 5.91 Å². The molecule has 74 valence electrons. The monoisotopic (exact) mass is 186 g/mol. The largest absolute Gasteiger partial charge is 0.494 e. The molecule has 0 spiro atoms. The van der Waals surface area contributed by atoms with E-state index in [1.807, 2.05) is 0 Å². The Morgan fingerprint density at radius 3 is 2.31 bits per heavy atom. The molecule has 0 rings (SSSR count). The Kier molecular flexibility index (Phi) is 3.62. The van der Waals surface area contributed by atoms with Crippen molar-refractivity contribution in [1.29, 1.82) is 5.41 Å². The second kappa shape index (κ2) is 4.04. The molecular weight excluding hydrogens is 172 g/mol. The lowest BCUT2D eigenvalue weighted by Gasteiger charge is -2.15. The first-order valence-corrected chi connectivity index (χ1v) is 3.73. The Morgan fingerprint density at radius 2 is 2.00 bits per heavy atom. The van der Waals surface area contributed by atoms with E-state index in [-0.39, 0.29) is 5.71 Å². The molecule has 13 heavy (non-hydrogen) atoms. The lowest BCUT2D eigenvalue weighted by Crippen LogP contribution is -2.30. The van der Waals surface area contributed by atoms with Crippen molar-refractivity contribution in [3.05, 3.63) is 12.0 Å². The van der Waals surface area contributed by atoms with Crippen LogP contribution >= 0.6 is 0 Å². The van der Waals surface area contributed by atoms with Gasteiger partial charge in [0.15, 0.2) is 5.88 Å². The second-order valence-electron chi connectivity index (χ2n) is 3.18. The van der Waals surface area contributed by atoms with Crippen molar-refractivity contribution in [2.24, 2.45) is 0 Å². The molecule has 0 aliphatic rings. The highest BCUT2D eigenvalue weighted by Crippen LogP contribution is 2.04. The van der Waals surface area contributed by atoms with Gasteiger partial charge in [-0.2, -0.15) is 0 Å². The van der Waals surface area contributed by atoms with Crippen LogP contribution in [0, 0.1) is 5.41 Å². The minimum absolute atomic E-state index is 0.182. The first-order chi connectivity index (χ1) is 5.73. The summed E-state index contributed by atoms with van der Waals surface area (Å²) in [5.74, 6) is -0.878. The van der Waals surface area contributed by atoms with E-state index >= 15 is 0 Å². The number of aliphatic hydroxyl groups is 2. The third-order valence-corrected chi connectivity index (χ3v) is 1.24. The van der Waals surface area contributed by atoms with Gasteiger partial charge in [0.05, 0.1) is 5.71 Å². The minimum Gasteiger partial charge on any atom is -0.494 e. The van der Waals surface area contributed by atoms with Crippen molar-refractivity contribution in [1.82, 2.24) is 5.32 Å². The van der Waals surface area contributed by atoms with Crippen molar-refractivity contribution >= 4 is 11.6 Å². The topological polar surface area (TPSA) is 93.4 Å². The molecule has 0 aromatic rings. The van der Waals surface area contributed by atoms with Crippen LogP contribution in [0.4, 0.5) is 0 Å². The number of carbonyl (C=O) groups is 1. The molecule has 0 bridgehead atoms. The predicted molar refractivity (Wildman–Crippen MR) is 48.6 cm³/mol. The number of amides is 1. The van der Waals surface area contributed by atoms with E-state index < -0.39 is 17.4 Å². The Hall–Kier alpha value is -1.36. The van der Waals surface area contributed by atoms with Crippen molar-refractivity contribution in [3.63, 3.8) is 0 Å². The summed E-state index contributed by atoms with van der Waals surface area (Å²) in [6.45, 7) is 4.05. The van der Waals surface area contributed by atoms with Crippen LogP contribution in [0.2, 0.25) is 0 Å². The minimum atomic E-state index is -1.33. The summed E-state index contributed by atoms with van der Waals surface area (Å²) in [4.78, 5) is 10.4. The van der Waals surface area contributed by atoms with E-state index in [2.05, 4.69) is 5.32 Å². The maximum absolute atomic E-state index is 10.4. The van der Waals surface area contributed by atoms with Crippen molar-refractivity contribution in [3.8, 4) is 0 Å². The molecule has 0 heterocycles. The summed E-state index contributed by atoms with van der Waals surface area (Å²) >= 11 is 0. The van der Waals surface area contributed by atoms with Crippen LogP contribution in [0.5, 0.6) is 0 Å². The van der Waals surface area contributed by atoms with Gasteiger partial charge >= 0.3 is 0 Å². The van der Waals surface area contributed by atoms with E-state index in [1.165, 1.54) is 20.8 Å². The van der Waals surface area contributed by atoms with Crippen LogP contribution in [0.25, 0.3) is 0 Å². The van der Waals surface area contributed by atoms with Crippen molar-refractivity contribution in [2.75, 3.05) is 0 Å². The molecule has 0 atom stereocenters. The highest BCUT2D eigenvalue weighted by molar-refractivity contribution is 5.99. The molecule has 0 aromatic carbocycles. The summed E-state index contributed by atoms with van der Waals surface area (Å²) in [5, 5.41) is 27.7. The highest BCUT2D eigenvalue weighted by atomic mass is 16.3. The maximum atomic E-state index is 10.4. The quantitative estimate of drug-likeness (QED) is 0.377. The fraction of sp³-hybridized carbons (Fsp3) is 0.500. The highest BCUT2D eigenvalue weighted by Gasteiger charge is 2.18. The maximum Gasteiger partial charge on any atom is 0.223 e. The number of nitrogens with one attached hydrogen (secondary N) is 2. The van der Waals surface area contributed by atoms with Crippen LogP contribution in [0.15, 0.2) is 12.0 Å². The fourth-order valence-electron chi connectivity index (χ4n) is 0.530. The molecule has 0 saturated carbocycles. The number of rotatable bonds is 3. The van der Waals surface area contributed by atoms with Gasteiger partial charge in [-0.05, 0) is 13.8 Å². The van der Waals surface area contributed by atoms with Crippen LogP contribution in [-0.2, 0) is 4.79 Å². The normalized spacial score (nSPS) is 12.5. The fourth-order valence-corrected chi connectivity index (χ4v) is 0.530. The lowest BCUT2D eigenvalue weighted by atomic mass is 10.0. The van der Waals surface area contributed by atoms with Crippen LogP contribution < -0.4 is 5.32 Å². The standard InChI is InChI=1S/C8H14N2O3/c1-5(11)10-7(12)4-6(9)8(2,3)13/h4,9,12-13H,1-3H3,(H,10,11)/b7-4-,9-6?. The average molecular weight is 186 g/mol. The van der Waals surface area contributed by atoms with Gasteiger partial charge in [-0.15, -0.1) is 0 Å². The molecular formula is C8H14N2O3. The van der Waals surface area contributed by atoms with Crippen molar-refractivity contribution < 1.29 is 15.0 Å². The molecule has 5 nitrogen and oxygen atoms in total. The first-order valence-electron chi connectivity index (χ1n) is 3.73. The number of hydrogen-bond acceptors (Lipinski definition) is 4. The molecule has 0 radical (unpaired) electrons. The first kappa shape index (κ1) is 11.6. The summed E-state index contributed by atoms with van der Waals surface area (Å²) < 4.78 is 0. The number of aliphatic hydroxyl groups excluding tert-OH is 1. The number of carbonyl (C=O) groups excluding carboxylic acids is 1. The van der Waals surface area contributed by atoms with Crippen LogP contribution in [-0.4, -0.2) is 27.4 Å². The Bertz CT molecular complexity index is 251. The van der Waals surface area contributed by atoms with Gasteiger partial charge in [-0.1, -0.05) is 0 Å². The molecule has 0 aliphatic carbocycles. The molecule has 4 N–H and O–H groups in total. The molecule has 0 aliphatic heterocycles. The Morgan fingerprint density at radius 1 is 1.54 bits per heavy atom. The van der Waals surface area contributed by atoms with E-state index in [0.717, 1.165) is 6.08 Å². The predicted octanol–water partition coefficient (Wildman–Crippen LogP) is 0.313. The third kappa shape index (κ3) is 4.97. The zero-order chi connectivity index (χ0) is 10.6. The second-order valence-corrected chi connectivity index (χ2v) is 3.18. The zero-order valence-electron chi connectivity index (χ0n) is 7.88. The molecule has 0 fully saturated rings. The Balaban J connectivity index is 4.40. The average Bonchev–Trinajstić information content (AvgIpc) is 1.82. The van der Waals surface area contributed by atoms with E-state index in [9.17, 15) is 9.90 Å². The van der Waals surface area contributed by atoms with E-state index in [0.29, 0.717) is 0 Å².